The van der Waals surface area contributed by atoms with Gasteiger partial charge in [0.1, 0.15) is 5.82 Å². The van der Waals surface area contributed by atoms with Crippen molar-refractivity contribution >= 4 is 28.5 Å². The average Bonchev–Trinajstić information content (AvgIpc) is 2.98. The Labute approximate surface area is 178 Å². The van der Waals surface area contributed by atoms with Gasteiger partial charge in [-0.25, -0.2) is 4.39 Å². The molecule has 0 radical (unpaired) electrons. The van der Waals surface area contributed by atoms with Gasteiger partial charge in [-0.15, -0.1) is 0 Å². The predicted molar refractivity (Wildman–Crippen MR) is 123 cm³/mol. The summed E-state index contributed by atoms with van der Waals surface area (Å²) in [5.74, 6) is -0.603. The molecule has 0 bridgehead atoms. The molecule has 160 valence electrons. The molecule has 1 heterocycles. The molecule has 6 heteroatoms. The third kappa shape index (κ3) is 5.00. The lowest BCUT2D eigenvalue weighted by molar-refractivity contribution is -0.110. The summed E-state index contributed by atoms with van der Waals surface area (Å²) in [6, 6.07) is 11.3. The van der Waals surface area contributed by atoms with Crippen LogP contribution in [0.5, 0.6) is 0 Å². The molecule has 0 aliphatic carbocycles. The highest BCUT2D eigenvalue weighted by atomic mass is 19.1. The van der Waals surface area contributed by atoms with Gasteiger partial charge in [-0.1, -0.05) is 0 Å². The fourth-order valence-electron chi connectivity index (χ4n) is 3.84. The first kappa shape index (κ1) is 21.8. The second-order valence-electron chi connectivity index (χ2n) is 8.23. The lowest BCUT2D eigenvalue weighted by atomic mass is 10.1. The molecule has 0 spiro atoms. The highest BCUT2D eigenvalue weighted by Gasteiger charge is 2.24. The summed E-state index contributed by atoms with van der Waals surface area (Å²) >= 11 is 0. The van der Waals surface area contributed by atoms with Gasteiger partial charge in [0.25, 0.3) is 5.91 Å². The molecular weight excluding hydrogens is 379 g/mol. The third-order valence-corrected chi connectivity index (χ3v) is 5.39. The van der Waals surface area contributed by atoms with Crippen LogP contribution in [0.15, 0.2) is 42.6 Å². The largest absolute Gasteiger partial charge is 0.384 e. The minimum absolute atomic E-state index is 0.238. The summed E-state index contributed by atoms with van der Waals surface area (Å²) in [4.78, 5) is 14.7. The van der Waals surface area contributed by atoms with Crippen LogP contribution in [0.1, 0.15) is 38.8 Å². The van der Waals surface area contributed by atoms with E-state index in [4.69, 9.17) is 0 Å². The molecule has 1 amide bonds. The van der Waals surface area contributed by atoms with Gasteiger partial charge < -0.3 is 16.0 Å². The van der Waals surface area contributed by atoms with Gasteiger partial charge in [-0.05, 0) is 76.6 Å². The first-order valence-corrected chi connectivity index (χ1v) is 10.4. The van der Waals surface area contributed by atoms with E-state index in [-0.39, 0.29) is 11.7 Å². The van der Waals surface area contributed by atoms with Crippen molar-refractivity contribution in [3.05, 3.63) is 59.5 Å². The zero-order chi connectivity index (χ0) is 21.8. The molecule has 2 aromatic rings. The zero-order valence-electron chi connectivity index (χ0n) is 18.3. The Kier molecular flexibility index (Phi) is 6.77. The van der Waals surface area contributed by atoms with Gasteiger partial charge in [0.05, 0.1) is 5.57 Å². The van der Waals surface area contributed by atoms with E-state index in [0.717, 1.165) is 30.0 Å². The van der Waals surface area contributed by atoms with Crippen LogP contribution < -0.4 is 16.0 Å². The SMILES string of the molecule is Cc1cc(NC=C2C(=O)Nc3ccc(F)cc32)ccc1NCCN(C(C)C)C(C)C. The Morgan fingerprint density at radius 3 is 2.50 bits per heavy atom. The normalized spacial score (nSPS) is 14.6. The Morgan fingerprint density at radius 2 is 1.83 bits per heavy atom. The Balaban J connectivity index is 1.64. The molecule has 1 aliphatic rings. The molecule has 0 saturated heterocycles. The Bertz CT molecular complexity index is 944. The van der Waals surface area contributed by atoms with Crippen molar-refractivity contribution < 1.29 is 9.18 Å². The molecule has 0 saturated carbocycles. The summed E-state index contributed by atoms with van der Waals surface area (Å²) < 4.78 is 13.6. The van der Waals surface area contributed by atoms with Crippen LogP contribution in [0.25, 0.3) is 5.57 Å². The minimum Gasteiger partial charge on any atom is -0.384 e. The molecule has 30 heavy (non-hydrogen) atoms. The second-order valence-corrected chi connectivity index (χ2v) is 8.23. The van der Waals surface area contributed by atoms with Crippen molar-refractivity contribution in [2.75, 3.05) is 29.0 Å². The smallest absolute Gasteiger partial charge is 0.257 e. The molecular formula is C24H31FN4O. The monoisotopic (exact) mass is 410 g/mol. The summed E-state index contributed by atoms with van der Waals surface area (Å²) in [6.07, 6.45) is 1.63. The molecule has 2 aromatic carbocycles. The number of nitrogens with zero attached hydrogens (tertiary/aromatic N) is 1. The number of carbonyl (C=O) groups excluding carboxylic acids is 1. The van der Waals surface area contributed by atoms with E-state index >= 15 is 0 Å². The summed E-state index contributed by atoms with van der Waals surface area (Å²) in [5, 5.41) is 9.43. The van der Waals surface area contributed by atoms with E-state index in [0.29, 0.717) is 28.9 Å². The van der Waals surface area contributed by atoms with Crippen molar-refractivity contribution in [3.8, 4) is 0 Å². The van der Waals surface area contributed by atoms with E-state index in [9.17, 15) is 9.18 Å². The van der Waals surface area contributed by atoms with E-state index in [2.05, 4.69) is 55.5 Å². The fraction of sp³-hybridized carbons (Fsp3) is 0.375. The highest BCUT2D eigenvalue weighted by Crippen LogP contribution is 2.32. The number of hydrogen-bond acceptors (Lipinski definition) is 4. The molecule has 0 fully saturated rings. The van der Waals surface area contributed by atoms with Crippen LogP contribution in [0, 0.1) is 12.7 Å². The third-order valence-electron chi connectivity index (χ3n) is 5.39. The quantitative estimate of drug-likeness (QED) is 0.532. The molecule has 1 aliphatic heterocycles. The first-order valence-electron chi connectivity index (χ1n) is 10.4. The zero-order valence-corrected chi connectivity index (χ0v) is 18.3. The maximum Gasteiger partial charge on any atom is 0.257 e. The first-order chi connectivity index (χ1) is 14.3. The van der Waals surface area contributed by atoms with Crippen LogP contribution in [0.4, 0.5) is 21.5 Å². The Hall–Kier alpha value is -2.86. The number of aryl methyl sites for hydroxylation is 1. The summed E-state index contributed by atoms with van der Waals surface area (Å²) in [5.41, 5.74) is 4.69. The molecule has 0 unspecified atom stereocenters. The van der Waals surface area contributed by atoms with Crippen molar-refractivity contribution in [1.29, 1.82) is 0 Å². The molecule has 3 rings (SSSR count). The second kappa shape index (κ2) is 9.30. The van der Waals surface area contributed by atoms with E-state index < -0.39 is 0 Å². The van der Waals surface area contributed by atoms with Crippen molar-refractivity contribution in [2.24, 2.45) is 0 Å². The molecule has 0 atom stereocenters. The van der Waals surface area contributed by atoms with Crippen LogP contribution in [0.2, 0.25) is 0 Å². The summed E-state index contributed by atoms with van der Waals surface area (Å²) in [6.45, 7) is 12.8. The van der Waals surface area contributed by atoms with Gasteiger partial charge in [-0.3, -0.25) is 9.69 Å². The molecule has 0 aromatic heterocycles. The molecule has 5 nitrogen and oxygen atoms in total. The number of benzene rings is 2. The van der Waals surface area contributed by atoms with Gasteiger partial charge in [0, 0.05) is 54.0 Å². The van der Waals surface area contributed by atoms with Gasteiger partial charge in [0.15, 0.2) is 0 Å². The predicted octanol–water partition coefficient (Wildman–Crippen LogP) is 5.07. The number of hydrogen-bond donors (Lipinski definition) is 3. The van der Waals surface area contributed by atoms with Crippen molar-refractivity contribution in [1.82, 2.24) is 4.90 Å². The van der Waals surface area contributed by atoms with E-state index in [1.54, 1.807) is 12.3 Å². The van der Waals surface area contributed by atoms with Crippen LogP contribution in [-0.2, 0) is 4.79 Å². The van der Waals surface area contributed by atoms with E-state index in [1.165, 1.54) is 12.1 Å². The standard InChI is InChI=1S/C24H31FN4O/c1-15(2)29(16(3)4)11-10-26-22-9-7-19(12-17(22)5)27-14-21-20-13-18(25)6-8-23(20)28-24(21)30/h6-9,12-16,26-27H,10-11H2,1-5H3,(H,28,30). The van der Waals surface area contributed by atoms with Crippen LogP contribution >= 0.6 is 0 Å². The summed E-state index contributed by atoms with van der Waals surface area (Å²) in [7, 11) is 0. The number of anilines is 3. The van der Waals surface area contributed by atoms with Crippen molar-refractivity contribution in [3.63, 3.8) is 0 Å². The fourth-order valence-corrected chi connectivity index (χ4v) is 3.84. The van der Waals surface area contributed by atoms with Crippen molar-refractivity contribution in [2.45, 2.75) is 46.7 Å². The Morgan fingerprint density at radius 1 is 1.10 bits per heavy atom. The van der Waals surface area contributed by atoms with Crippen LogP contribution in [-0.4, -0.2) is 36.0 Å². The lowest BCUT2D eigenvalue weighted by Crippen LogP contribution is -2.40. The average molecular weight is 411 g/mol. The minimum atomic E-state index is -0.365. The topological polar surface area (TPSA) is 56.4 Å². The highest BCUT2D eigenvalue weighted by molar-refractivity contribution is 6.31. The van der Waals surface area contributed by atoms with Gasteiger partial charge in [-0.2, -0.15) is 0 Å². The van der Waals surface area contributed by atoms with Gasteiger partial charge >= 0.3 is 0 Å². The number of amides is 1. The van der Waals surface area contributed by atoms with Gasteiger partial charge in [0.2, 0.25) is 0 Å². The maximum atomic E-state index is 13.6. The molecule has 3 N–H and O–H groups in total. The number of fused-ring (bicyclic) bond motifs is 1. The van der Waals surface area contributed by atoms with Crippen LogP contribution in [0.3, 0.4) is 0 Å². The van der Waals surface area contributed by atoms with E-state index in [1.807, 2.05) is 18.2 Å². The number of carbonyl (C=O) groups is 1. The number of halogens is 1. The lowest BCUT2D eigenvalue weighted by Gasteiger charge is -2.30. The number of nitrogens with one attached hydrogen (secondary N) is 3. The number of rotatable bonds is 8. The maximum absolute atomic E-state index is 13.6.